The molecule has 1 unspecified atom stereocenters. The average molecular weight is 273 g/mol. The fourth-order valence-corrected chi connectivity index (χ4v) is 1.51. The predicted molar refractivity (Wildman–Crippen MR) is 72.9 cm³/mol. The lowest BCUT2D eigenvalue weighted by Crippen LogP contribution is -2.44. The van der Waals surface area contributed by atoms with Crippen molar-refractivity contribution >= 4 is 17.8 Å². The Labute approximate surface area is 113 Å². The smallest absolute Gasteiger partial charge is 0.322 e. The Kier molecular flexibility index (Phi) is 8.27. The number of amides is 1. The molecule has 0 saturated carbocycles. The van der Waals surface area contributed by atoms with Crippen molar-refractivity contribution in [1.82, 2.24) is 15.5 Å². The van der Waals surface area contributed by atoms with E-state index in [4.69, 9.17) is 10.8 Å². The number of hydrogen-bond donors (Lipinski definition) is 4. The van der Waals surface area contributed by atoms with Gasteiger partial charge in [0.15, 0.2) is 5.96 Å². The molecule has 0 heterocycles. The summed E-state index contributed by atoms with van der Waals surface area (Å²) in [5.74, 6) is -0.934. The van der Waals surface area contributed by atoms with E-state index in [2.05, 4.69) is 15.6 Å². The first-order valence-corrected chi connectivity index (χ1v) is 6.02. The number of nitrogens with zero attached hydrogens (tertiary/aromatic N) is 2. The van der Waals surface area contributed by atoms with Crippen LogP contribution in [0.3, 0.4) is 0 Å². The fourth-order valence-electron chi connectivity index (χ4n) is 1.51. The van der Waals surface area contributed by atoms with Crippen LogP contribution < -0.4 is 16.4 Å². The maximum atomic E-state index is 11.6. The fraction of sp³-hybridized carbons (Fsp3) is 0.727. The second kappa shape index (κ2) is 9.15. The third kappa shape index (κ3) is 7.24. The molecular weight excluding hydrogens is 250 g/mol. The summed E-state index contributed by atoms with van der Waals surface area (Å²) in [6.45, 7) is 0.305. The molecule has 0 radical (unpaired) electrons. The molecule has 5 N–H and O–H groups in total. The van der Waals surface area contributed by atoms with Gasteiger partial charge >= 0.3 is 5.97 Å². The molecule has 19 heavy (non-hydrogen) atoms. The Bertz CT molecular complexity index is 332. The molecule has 8 nitrogen and oxygen atoms in total. The van der Waals surface area contributed by atoms with Crippen LogP contribution in [0.5, 0.6) is 0 Å². The molecule has 0 aromatic heterocycles. The number of likely N-dealkylation sites (N-methyl/N-ethyl adjacent to an activating group) is 1. The Hall–Kier alpha value is -1.83. The van der Waals surface area contributed by atoms with Crippen molar-refractivity contribution in [2.24, 2.45) is 10.7 Å². The summed E-state index contributed by atoms with van der Waals surface area (Å²) in [5, 5.41) is 13.7. The van der Waals surface area contributed by atoms with Gasteiger partial charge in [0.1, 0.15) is 6.54 Å². The lowest BCUT2D eigenvalue weighted by atomic mass is 10.1. The number of nitrogens with two attached hydrogens (primary N) is 1. The third-order valence-electron chi connectivity index (χ3n) is 2.69. The number of carbonyl (C=O) groups excluding carboxylic acids is 1. The van der Waals surface area contributed by atoms with Crippen LogP contribution in [0.4, 0.5) is 0 Å². The molecule has 0 rings (SSSR count). The molecule has 0 aliphatic rings. The topological polar surface area (TPSA) is 120 Å². The van der Waals surface area contributed by atoms with E-state index >= 15 is 0 Å². The molecule has 8 heteroatoms. The first-order chi connectivity index (χ1) is 8.92. The number of carboxylic acid groups (broad SMARTS) is 1. The van der Waals surface area contributed by atoms with Crippen molar-refractivity contribution in [2.75, 3.05) is 34.2 Å². The van der Waals surface area contributed by atoms with Crippen LogP contribution in [-0.4, -0.2) is 68.1 Å². The van der Waals surface area contributed by atoms with Crippen molar-refractivity contribution in [3.05, 3.63) is 0 Å². The molecule has 0 saturated heterocycles. The maximum Gasteiger partial charge on any atom is 0.322 e. The van der Waals surface area contributed by atoms with E-state index in [0.717, 1.165) is 6.42 Å². The number of carbonyl (C=O) groups is 2. The van der Waals surface area contributed by atoms with E-state index in [1.807, 2.05) is 7.05 Å². The second-order valence-corrected chi connectivity index (χ2v) is 4.10. The highest BCUT2D eigenvalue weighted by molar-refractivity contribution is 5.85. The Morgan fingerprint density at radius 2 is 2.11 bits per heavy atom. The maximum absolute atomic E-state index is 11.6. The zero-order valence-corrected chi connectivity index (χ0v) is 11.6. The van der Waals surface area contributed by atoms with Gasteiger partial charge in [0, 0.05) is 20.6 Å². The highest BCUT2D eigenvalue weighted by atomic mass is 16.4. The van der Waals surface area contributed by atoms with Crippen LogP contribution in [0, 0.1) is 0 Å². The van der Waals surface area contributed by atoms with Crippen molar-refractivity contribution in [3.63, 3.8) is 0 Å². The Morgan fingerprint density at radius 1 is 1.47 bits per heavy atom. The first-order valence-electron chi connectivity index (χ1n) is 6.02. The molecule has 110 valence electrons. The van der Waals surface area contributed by atoms with Crippen LogP contribution in [0.25, 0.3) is 0 Å². The predicted octanol–water partition coefficient (Wildman–Crippen LogP) is -1.57. The van der Waals surface area contributed by atoms with E-state index in [1.54, 1.807) is 19.0 Å². The molecule has 0 bridgehead atoms. The molecule has 0 spiro atoms. The van der Waals surface area contributed by atoms with Crippen LogP contribution in [0.15, 0.2) is 4.99 Å². The molecule has 1 amide bonds. The molecule has 0 fully saturated rings. The van der Waals surface area contributed by atoms with Gasteiger partial charge in [0.2, 0.25) is 5.91 Å². The Balaban J connectivity index is 4.06. The zero-order valence-electron chi connectivity index (χ0n) is 11.6. The van der Waals surface area contributed by atoms with Gasteiger partial charge in [-0.15, -0.1) is 0 Å². The van der Waals surface area contributed by atoms with Gasteiger partial charge in [-0.05, 0) is 19.9 Å². The lowest BCUT2D eigenvalue weighted by Gasteiger charge is -2.20. The first kappa shape index (κ1) is 17.2. The molecule has 1 atom stereocenters. The minimum Gasteiger partial charge on any atom is -0.480 e. The van der Waals surface area contributed by atoms with Gasteiger partial charge in [-0.25, -0.2) is 0 Å². The number of aliphatic carboxylic acids is 1. The van der Waals surface area contributed by atoms with Crippen molar-refractivity contribution in [2.45, 2.75) is 18.9 Å². The highest BCUT2D eigenvalue weighted by Gasteiger charge is 2.16. The van der Waals surface area contributed by atoms with Crippen molar-refractivity contribution in [3.8, 4) is 0 Å². The zero-order chi connectivity index (χ0) is 14.8. The second-order valence-electron chi connectivity index (χ2n) is 4.10. The minimum absolute atomic E-state index is 0.315. The van der Waals surface area contributed by atoms with Gasteiger partial charge in [-0.2, -0.15) is 0 Å². The lowest BCUT2D eigenvalue weighted by molar-refractivity contribution is -0.138. The van der Waals surface area contributed by atoms with E-state index in [1.165, 1.54) is 0 Å². The number of nitrogens with one attached hydrogen (secondary N) is 2. The standard InChI is InChI=1S/C11H23N5O3/c1-13-8(10(19)15-7-9(17)18)5-4-6-16(3)11(12)14-2/h8,13H,4-7H2,1-3H3,(H2,12,14)(H,15,19)(H,17,18). The van der Waals surface area contributed by atoms with Crippen LogP contribution in [0.1, 0.15) is 12.8 Å². The van der Waals surface area contributed by atoms with E-state index < -0.39 is 12.0 Å². The van der Waals surface area contributed by atoms with Crippen molar-refractivity contribution < 1.29 is 14.7 Å². The summed E-state index contributed by atoms with van der Waals surface area (Å²) in [6.07, 6.45) is 1.32. The van der Waals surface area contributed by atoms with Gasteiger partial charge in [0.05, 0.1) is 6.04 Å². The normalized spacial score (nSPS) is 12.9. The molecule has 0 aromatic rings. The minimum atomic E-state index is -1.06. The van der Waals surface area contributed by atoms with Gasteiger partial charge in [-0.3, -0.25) is 14.6 Å². The number of carboxylic acids is 1. The molecular formula is C11H23N5O3. The summed E-state index contributed by atoms with van der Waals surface area (Å²) in [6, 6.07) is -0.410. The quantitative estimate of drug-likeness (QED) is 0.313. The number of aliphatic imine (C=N–C) groups is 1. The van der Waals surface area contributed by atoms with E-state index in [9.17, 15) is 9.59 Å². The summed E-state index contributed by atoms with van der Waals surface area (Å²) in [5.41, 5.74) is 5.62. The number of hydrogen-bond acceptors (Lipinski definition) is 4. The van der Waals surface area contributed by atoms with E-state index in [0.29, 0.717) is 18.9 Å². The largest absolute Gasteiger partial charge is 0.480 e. The van der Waals surface area contributed by atoms with Gasteiger partial charge in [0.25, 0.3) is 0 Å². The van der Waals surface area contributed by atoms with Crippen LogP contribution >= 0.6 is 0 Å². The molecule has 0 aliphatic carbocycles. The van der Waals surface area contributed by atoms with Gasteiger partial charge in [-0.1, -0.05) is 0 Å². The highest BCUT2D eigenvalue weighted by Crippen LogP contribution is 1.99. The van der Waals surface area contributed by atoms with Gasteiger partial charge < -0.3 is 26.4 Å². The van der Waals surface area contributed by atoms with Crippen LogP contribution in [-0.2, 0) is 9.59 Å². The number of rotatable bonds is 8. The molecule has 0 aliphatic heterocycles. The Morgan fingerprint density at radius 3 is 2.58 bits per heavy atom. The average Bonchev–Trinajstić information content (AvgIpc) is 2.39. The van der Waals surface area contributed by atoms with Crippen LogP contribution in [0.2, 0.25) is 0 Å². The summed E-state index contributed by atoms with van der Waals surface area (Å²) >= 11 is 0. The SMILES string of the molecule is CN=C(N)N(C)CCCC(NC)C(=O)NCC(=O)O. The summed E-state index contributed by atoms with van der Waals surface area (Å²) < 4.78 is 0. The monoisotopic (exact) mass is 273 g/mol. The summed E-state index contributed by atoms with van der Waals surface area (Å²) in [4.78, 5) is 27.6. The number of guanidine groups is 1. The van der Waals surface area contributed by atoms with Crippen molar-refractivity contribution in [1.29, 1.82) is 0 Å². The summed E-state index contributed by atoms with van der Waals surface area (Å²) in [7, 11) is 5.10. The third-order valence-corrected chi connectivity index (χ3v) is 2.69. The molecule has 0 aromatic carbocycles. The van der Waals surface area contributed by atoms with E-state index in [-0.39, 0.29) is 12.5 Å².